The summed E-state index contributed by atoms with van der Waals surface area (Å²) < 4.78 is 0. The normalized spacial score (nSPS) is 10.7. The van der Waals surface area contributed by atoms with Gasteiger partial charge in [-0.25, -0.2) is 15.0 Å². The first-order chi connectivity index (χ1) is 8.74. The van der Waals surface area contributed by atoms with Gasteiger partial charge in [0.05, 0.1) is 6.33 Å². The fourth-order valence-corrected chi connectivity index (χ4v) is 1.60. The molecule has 3 aromatic rings. The Kier molecular flexibility index (Phi) is 2.23. The van der Waals surface area contributed by atoms with Crippen LogP contribution < -0.4 is 5.32 Å². The molecule has 0 unspecified atom stereocenters. The van der Waals surface area contributed by atoms with Gasteiger partial charge in [-0.05, 0) is 12.1 Å². The summed E-state index contributed by atoms with van der Waals surface area (Å²) in [6, 6.07) is 4.42. The van der Waals surface area contributed by atoms with Crippen molar-refractivity contribution < 1.29 is 10.2 Å². The Morgan fingerprint density at radius 2 is 1.94 bits per heavy atom. The molecular formula is C11H9N5O2. The molecule has 0 saturated carbocycles. The molecular weight excluding hydrogens is 234 g/mol. The minimum absolute atomic E-state index is 0.171. The standard InChI is InChI=1S/C11H9N5O2/c17-7-2-1-6(3-8(7)18)16-11-9-10(13-4-12-9)14-5-15-11/h1-5,17-18H,(H2,12,13,14,15,16). The smallest absolute Gasteiger partial charge is 0.182 e. The largest absolute Gasteiger partial charge is 0.504 e. The second-order valence-corrected chi connectivity index (χ2v) is 3.65. The summed E-state index contributed by atoms with van der Waals surface area (Å²) in [5.74, 6) is 0.174. The number of aromatic hydroxyl groups is 2. The molecule has 0 aliphatic heterocycles. The zero-order valence-corrected chi connectivity index (χ0v) is 9.12. The zero-order valence-electron chi connectivity index (χ0n) is 9.12. The van der Waals surface area contributed by atoms with E-state index in [1.165, 1.54) is 24.8 Å². The Bertz CT molecular complexity index is 709. The summed E-state index contributed by atoms with van der Waals surface area (Å²) in [5.41, 5.74) is 1.82. The van der Waals surface area contributed by atoms with E-state index in [1.807, 2.05) is 0 Å². The number of fused-ring (bicyclic) bond motifs is 1. The average molecular weight is 243 g/mol. The van der Waals surface area contributed by atoms with Gasteiger partial charge in [-0.3, -0.25) is 0 Å². The van der Waals surface area contributed by atoms with E-state index < -0.39 is 0 Å². The molecule has 2 heterocycles. The van der Waals surface area contributed by atoms with E-state index in [-0.39, 0.29) is 11.5 Å². The van der Waals surface area contributed by atoms with Gasteiger partial charge in [-0.15, -0.1) is 0 Å². The van der Waals surface area contributed by atoms with Crippen molar-refractivity contribution in [3.8, 4) is 11.5 Å². The highest BCUT2D eigenvalue weighted by Crippen LogP contribution is 2.29. The van der Waals surface area contributed by atoms with Gasteiger partial charge in [0.15, 0.2) is 23.0 Å². The SMILES string of the molecule is Oc1ccc(Nc2ncnc3nc[nH]c23)cc1O. The van der Waals surface area contributed by atoms with Crippen LogP contribution in [0, 0.1) is 0 Å². The van der Waals surface area contributed by atoms with Crippen molar-refractivity contribution in [3.05, 3.63) is 30.9 Å². The highest BCUT2D eigenvalue weighted by Gasteiger charge is 2.07. The van der Waals surface area contributed by atoms with Crippen LogP contribution >= 0.6 is 0 Å². The predicted octanol–water partition coefficient (Wildman–Crippen LogP) is 1.51. The molecule has 3 rings (SSSR count). The molecule has 0 spiro atoms. The van der Waals surface area contributed by atoms with Crippen molar-refractivity contribution in [2.75, 3.05) is 5.32 Å². The van der Waals surface area contributed by atoms with Crippen molar-refractivity contribution in [1.82, 2.24) is 19.9 Å². The predicted molar refractivity (Wildman–Crippen MR) is 64.7 cm³/mol. The van der Waals surface area contributed by atoms with Gasteiger partial charge >= 0.3 is 0 Å². The van der Waals surface area contributed by atoms with Crippen LogP contribution in [0.25, 0.3) is 11.2 Å². The van der Waals surface area contributed by atoms with Crippen LogP contribution in [0.15, 0.2) is 30.9 Å². The van der Waals surface area contributed by atoms with Crippen molar-refractivity contribution in [3.63, 3.8) is 0 Å². The monoisotopic (exact) mass is 243 g/mol. The highest BCUT2D eigenvalue weighted by molar-refractivity contribution is 5.84. The third-order valence-corrected chi connectivity index (χ3v) is 2.46. The van der Waals surface area contributed by atoms with Crippen LogP contribution in [-0.2, 0) is 0 Å². The van der Waals surface area contributed by atoms with Gasteiger partial charge in [0.2, 0.25) is 0 Å². The highest BCUT2D eigenvalue weighted by atomic mass is 16.3. The number of aromatic nitrogens is 4. The zero-order chi connectivity index (χ0) is 12.5. The first kappa shape index (κ1) is 10.3. The molecule has 0 amide bonds. The number of benzene rings is 1. The molecule has 7 nitrogen and oxygen atoms in total. The third kappa shape index (κ3) is 1.67. The number of hydrogen-bond acceptors (Lipinski definition) is 6. The third-order valence-electron chi connectivity index (χ3n) is 2.46. The average Bonchev–Trinajstić information content (AvgIpc) is 2.83. The number of rotatable bonds is 2. The summed E-state index contributed by atoms with van der Waals surface area (Å²) in [5, 5.41) is 21.6. The molecule has 7 heteroatoms. The van der Waals surface area contributed by atoms with Crippen molar-refractivity contribution >= 4 is 22.7 Å². The molecule has 2 aromatic heterocycles. The maximum Gasteiger partial charge on any atom is 0.182 e. The lowest BCUT2D eigenvalue weighted by Gasteiger charge is -2.06. The van der Waals surface area contributed by atoms with Gasteiger partial charge in [0.25, 0.3) is 0 Å². The number of hydrogen-bond donors (Lipinski definition) is 4. The molecule has 90 valence electrons. The lowest BCUT2D eigenvalue weighted by Crippen LogP contribution is -1.95. The van der Waals surface area contributed by atoms with E-state index in [4.69, 9.17) is 0 Å². The first-order valence-electron chi connectivity index (χ1n) is 5.17. The minimum Gasteiger partial charge on any atom is -0.504 e. The number of nitrogens with zero attached hydrogens (tertiary/aromatic N) is 3. The minimum atomic E-state index is -0.199. The van der Waals surface area contributed by atoms with Crippen LogP contribution in [0.3, 0.4) is 0 Å². The maximum absolute atomic E-state index is 9.41. The van der Waals surface area contributed by atoms with E-state index in [0.29, 0.717) is 22.7 Å². The Morgan fingerprint density at radius 3 is 2.78 bits per heavy atom. The van der Waals surface area contributed by atoms with Crippen molar-refractivity contribution in [1.29, 1.82) is 0 Å². The van der Waals surface area contributed by atoms with E-state index in [1.54, 1.807) is 6.07 Å². The molecule has 0 radical (unpaired) electrons. The van der Waals surface area contributed by atoms with Gasteiger partial charge < -0.3 is 20.5 Å². The lowest BCUT2D eigenvalue weighted by molar-refractivity contribution is 0.404. The summed E-state index contributed by atoms with van der Waals surface area (Å²) in [6.45, 7) is 0. The summed E-state index contributed by atoms with van der Waals surface area (Å²) in [4.78, 5) is 15.0. The van der Waals surface area contributed by atoms with E-state index in [0.717, 1.165) is 0 Å². The molecule has 0 aliphatic carbocycles. The van der Waals surface area contributed by atoms with Crippen molar-refractivity contribution in [2.45, 2.75) is 0 Å². The Labute approximate surface area is 101 Å². The molecule has 0 saturated heterocycles. The van der Waals surface area contributed by atoms with Crippen molar-refractivity contribution in [2.24, 2.45) is 0 Å². The number of aromatic amines is 1. The van der Waals surface area contributed by atoms with Crippen LogP contribution in [0.2, 0.25) is 0 Å². The maximum atomic E-state index is 9.41. The second-order valence-electron chi connectivity index (χ2n) is 3.65. The fourth-order valence-electron chi connectivity index (χ4n) is 1.60. The van der Waals surface area contributed by atoms with E-state index >= 15 is 0 Å². The van der Waals surface area contributed by atoms with Gasteiger partial charge in [-0.2, -0.15) is 0 Å². The van der Waals surface area contributed by atoms with Crippen LogP contribution in [0.4, 0.5) is 11.5 Å². The molecule has 0 atom stereocenters. The Balaban J connectivity index is 2.01. The number of nitrogens with one attached hydrogen (secondary N) is 2. The first-order valence-corrected chi connectivity index (χ1v) is 5.17. The molecule has 0 aliphatic rings. The molecule has 4 N–H and O–H groups in total. The Hall–Kier alpha value is -2.83. The number of phenols is 2. The Morgan fingerprint density at radius 1 is 1.06 bits per heavy atom. The van der Waals surface area contributed by atoms with Crippen LogP contribution in [0.1, 0.15) is 0 Å². The fraction of sp³-hybridized carbons (Fsp3) is 0. The molecule has 0 fully saturated rings. The topological polar surface area (TPSA) is 107 Å². The lowest BCUT2D eigenvalue weighted by atomic mass is 10.3. The number of imidazole rings is 1. The quantitative estimate of drug-likeness (QED) is 0.401. The molecule has 18 heavy (non-hydrogen) atoms. The van der Waals surface area contributed by atoms with E-state index in [9.17, 15) is 10.2 Å². The summed E-state index contributed by atoms with van der Waals surface area (Å²) in [6.07, 6.45) is 2.92. The van der Waals surface area contributed by atoms with E-state index in [2.05, 4.69) is 25.3 Å². The van der Waals surface area contributed by atoms with Crippen LogP contribution in [-0.4, -0.2) is 30.1 Å². The summed E-state index contributed by atoms with van der Waals surface area (Å²) >= 11 is 0. The number of phenolic OH excluding ortho intramolecular Hbond substituents is 2. The molecule has 1 aromatic carbocycles. The van der Waals surface area contributed by atoms with Gasteiger partial charge in [-0.1, -0.05) is 0 Å². The van der Waals surface area contributed by atoms with Crippen LogP contribution in [0.5, 0.6) is 11.5 Å². The van der Waals surface area contributed by atoms with Gasteiger partial charge in [0, 0.05) is 11.8 Å². The van der Waals surface area contributed by atoms with Gasteiger partial charge in [0.1, 0.15) is 11.8 Å². The number of anilines is 2. The summed E-state index contributed by atoms with van der Waals surface area (Å²) in [7, 11) is 0. The molecule has 0 bridgehead atoms. The number of H-pyrrole nitrogens is 1. The second kappa shape index (κ2) is 3.88.